The van der Waals surface area contributed by atoms with Crippen LogP contribution in [-0.2, 0) is 6.54 Å². The molecule has 0 radical (unpaired) electrons. The van der Waals surface area contributed by atoms with E-state index in [1.54, 1.807) is 41.6 Å². The van der Waals surface area contributed by atoms with E-state index in [4.69, 9.17) is 4.74 Å². The van der Waals surface area contributed by atoms with Crippen LogP contribution in [0.4, 0.5) is 0 Å². The minimum absolute atomic E-state index is 0.0861. The fourth-order valence-electron chi connectivity index (χ4n) is 2.29. The van der Waals surface area contributed by atoms with Gasteiger partial charge in [-0.15, -0.1) is 0 Å². The number of hydrogen-bond acceptors (Lipinski definition) is 4. The van der Waals surface area contributed by atoms with Gasteiger partial charge in [0, 0.05) is 31.0 Å². The Bertz CT molecular complexity index is 649. The summed E-state index contributed by atoms with van der Waals surface area (Å²) in [6, 6.07) is 10.8. The number of carbonyl (C=O) groups excluding carboxylic acids is 1. The minimum Gasteiger partial charge on any atom is -0.488 e. The van der Waals surface area contributed by atoms with Crippen LogP contribution in [0, 0.1) is 0 Å². The van der Waals surface area contributed by atoms with Gasteiger partial charge in [-0.2, -0.15) is 0 Å². The maximum absolute atomic E-state index is 12.7. The Hall–Kier alpha value is -2.40. The molecule has 24 heavy (non-hydrogen) atoms. The highest BCUT2D eigenvalue weighted by Crippen LogP contribution is 2.19. The quantitative estimate of drug-likeness (QED) is 0.885. The lowest BCUT2D eigenvalue weighted by molar-refractivity contribution is 0.0707. The maximum Gasteiger partial charge on any atom is 0.254 e. The molecule has 0 unspecified atom stereocenters. The van der Waals surface area contributed by atoms with Gasteiger partial charge in [-0.25, -0.2) is 0 Å². The summed E-state index contributed by atoms with van der Waals surface area (Å²) in [5.41, 5.74) is 1.20. The number of ether oxygens (including phenoxy) is 1. The molecule has 5 heteroatoms. The van der Waals surface area contributed by atoms with Gasteiger partial charge in [-0.05, 0) is 56.7 Å². The van der Waals surface area contributed by atoms with Crippen LogP contribution in [0.15, 0.2) is 48.8 Å². The smallest absolute Gasteiger partial charge is 0.254 e. The number of rotatable bonds is 6. The fraction of sp³-hybridized carbons (Fsp3) is 0.368. The third-order valence-electron chi connectivity index (χ3n) is 3.28. The van der Waals surface area contributed by atoms with Crippen molar-refractivity contribution in [1.82, 2.24) is 9.88 Å². The van der Waals surface area contributed by atoms with Crippen molar-refractivity contribution in [3.63, 3.8) is 0 Å². The third-order valence-corrected chi connectivity index (χ3v) is 3.28. The van der Waals surface area contributed by atoms with Crippen molar-refractivity contribution >= 4 is 5.91 Å². The van der Waals surface area contributed by atoms with Gasteiger partial charge in [0.25, 0.3) is 5.91 Å². The lowest BCUT2D eigenvalue weighted by Gasteiger charge is -2.23. The van der Waals surface area contributed by atoms with Crippen LogP contribution in [0.3, 0.4) is 0 Å². The van der Waals surface area contributed by atoms with Crippen molar-refractivity contribution < 1.29 is 14.6 Å². The van der Waals surface area contributed by atoms with Crippen molar-refractivity contribution in [2.75, 3.05) is 13.2 Å². The van der Waals surface area contributed by atoms with Gasteiger partial charge >= 0.3 is 0 Å². The maximum atomic E-state index is 12.7. The molecule has 128 valence electrons. The SMILES string of the molecule is CC(C)(C)Oc1ccc(C(=O)N(CCO)Cc2cccnc2)cc1. The Morgan fingerprint density at radius 1 is 1.21 bits per heavy atom. The van der Waals surface area contributed by atoms with Crippen LogP contribution >= 0.6 is 0 Å². The second-order valence-corrected chi connectivity index (χ2v) is 6.55. The lowest BCUT2D eigenvalue weighted by atomic mass is 10.1. The van der Waals surface area contributed by atoms with E-state index >= 15 is 0 Å². The summed E-state index contributed by atoms with van der Waals surface area (Å²) < 4.78 is 5.77. The van der Waals surface area contributed by atoms with Crippen LogP contribution in [-0.4, -0.2) is 39.7 Å². The van der Waals surface area contributed by atoms with Crippen molar-refractivity contribution in [2.24, 2.45) is 0 Å². The highest BCUT2D eigenvalue weighted by Gasteiger charge is 2.17. The van der Waals surface area contributed by atoms with Crippen molar-refractivity contribution in [2.45, 2.75) is 32.9 Å². The van der Waals surface area contributed by atoms with Gasteiger partial charge in [0.05, 0.1) is 6.61 Å². The Kier molecular flexibility index (Phi) is 5.93. The largest absolute Gasteiger partial charge is 0.488 e. The van der Waals surface area contributed by atoms with Gasteiger partial charge in [-0.3, -0.25) is 9.78 Å². The predicted octanol–water partition coefficient (Wildman–Crippen LogP) is 2.89. The Morgan fingerprint density at radius 3 is 2.46 bits per heavy atom. The van der Waals surface area contributed by atoms with Crippen LogP contribution in [0.2, 0.25) is 0 Å². The van der Waals surface area contributed by atoms with E-state index in [1.807, 2.05) is 32.9 Å². The summed E-state index contributed by atoms with van der Waals surface area (Å²) in [5.74, 6) is 0.593. The zero-order chi connectivity index (χ0) is 17.6. The van der Waals surface area contributed by atoms with Gasteiger partial charge in [0.1, 0.15) is 11.4 Å². The summed E-state index contributed by atoms with van der Waals surface area (Å²) in [7, 11) is 0. The first kappa shape index (κ1) is 17.9. The highest BCUT2D eigenvalue weighted by atomic mass is 16.5. The number of carbonyl (C=O) groups is 1. The number of pyridine rings is 1. The first-order valence-electron chi connectivity index (χ1n) is 7.97. The highest BCUT2D eigenvalue weighted by molar-refractivity contribution is 5.94. The van der Waals surface area contributed by atoms with Crippen molar-refractivity contribution in [3.8, 4) is 5.75 Å². The Morgan fingerprint density at radius 2 is 1.92 bits per heavy atom. The van der Waals surface area contributed by atoms with Gasteiger partial charge < -0.3 is 14.7 Å². The zero-order valence-corrected chi connectivity index (χ0v) is 14.4. The predicted molar refractivity (Wildman–Crippen MR) is 92.9 cm³/mol. The van der Waals surface area contributed by atoms with Crippen molar-refractivity contribution in [3.05, 3.63) is 59.9 Å². The molecule has 1 amide bonds. The molecule has 0 aliphatic carbocycles. The summed E-state index contributed by atoms with van der Waals surface area (Å²) >= 11 is 0. The molecular formula is C19H24N2O3. The first-order valence-corrected chi connectivity index (χ1v) is 7.97. The molecule has 2 rings (SSSR count). The molecule has 0 bridgehead atoms. The van der Waals surface area contributed by atoms with E-state index in [1.165, 1.54) is 0 Å². The number of nitrogens with zero attached hydrogens (tertiary/aromatic N) is 2. The van der Waals surface area contributed by atoms with Gasteiger partial charge in [-0.1, -0.05) is 6.07 Å². The topological polar surface area (TPSA) is 62.7 Å². The standard InChI is InChI=1S/C19H24N2O3/c1-19(2,3)24-17-8-6-16(7-9-17)18(23)21(11-12-22)14-15-5-4-10-20-13-15/h4-10,13,22H,11-12,14H2,1-3H3. The summed E-state index contributed by atoms with van der Waals surface area (Å²) in [6.45, 7) is 6.52. The van der Waals surface area contributed by atoms with Crippen LogP contribution in [0.25, 0.3) is 0 Å². The molecule has 2 aromatic rings. The van der Waals surface area contributed by atoms with Crippen molar-refractivity contribution in [1.29, 1.82) is 0 Å². The van der Waals surface area contributed by atoms with Gasteiger partial charge in [0.2, 0.25) is 0 Å². The first-order chi connectivity index (χ1) is 11.4. The van der Waals surface area contributed by atoms with E-state index in [2.05, 4.69) is 4.98 Å². The molecule has 1 N–H and O–H groups in total. The Labute approximate surface area is 142 Å². The van der Waals surface area contributed by atoms with Gasteiger partial charge in [0.15, 0.2) is 0 Å². The number of amides is 1. The molecule has 0 spiro atoms. The molecule has 0 saturated heterocycles. The monoisotopic (exact) mass is 328 g/mol. The van der Waals surface area contributed by atoms with E-state index < -0.39 is 0 Å². The summed E-state index contributed by atoms with van der Waals surface area (Å²) in [5, 5.41) is 9.25. The molecule has 1 aromatic heterocycles. The normalized spacial score (nSPS) is 11.2. The fourth-order valence-corrected chi connectivity index (χ4v) is 2.29. The number of aliphatic hydroxyl groups excluding tert-OH is 1. The molecule has 0 aliphatic rings. The third kappa shape index (κ3) is 5.35. The number of benzene rings is 1. The summed E-state index contributed by atoms with van der Waals surface area (Å²) in [4.78, 5) is 18.4. The van der Waals surface area contributed by atoms with E-state index in [-0.39, 0.29) is 24.7 Å². The number of aromatic nitrogens is 1. The average molecular weight is 328 g/mol. The minimum atomic E-state index is -0.283. The molecule has 0 aliphatic heterocycles. The second kappa shape index (κ2) is 7.93. The Balaban J connectivity index is 2.11. The van der Waals surface area contributed by atoms with E-state index in [0.717, 1.165) is 11.3 Å². The molecule has 1 aromatic carbocycles. The molecule has 5 nitrogen and oxygen atoms in total. The van der Waals surface area contributed by atoms with Crippen LogP contribution in [0.5, 0.6) is 5.75 Å². The molecule has 0 fully saturated rings. The zero-order valence-electron chi connectivity index (χ0n) is 14.4. The van der Waals surface area contributed by atoms with E-state index in [0.29, 0.717) is 12.1 Å². The molecule has 0 atom stereocenters. The molecule has 0 saturated carbocycles. The second-order valence-electron chi connectivity index (χ2n) is 6.55. The number of aliphatic hydroxyl groups is 1. The number of hydrogen-bond donors (Lipinski definition) is 1. The molecule has 1 heterocycles. The average Bonchev–Trinajstić information content (AvgIpc) is 2.54. The molecular weight excluding hydrogens is 304 g/mol. The van der Waals surface area contributed by atoms with E-state index in [9.17, 15) is 9.90 Å². The van der Waals surface area contributed by atoms with Crippen LogP contribution in [0.1, 0.15) is 36.7 Å². The lowest BCUT2D eigenvalue weighted by Crippen LogP contribution is -2.33. The van der Waals surface area contributed by atoms with Crippen LogP contribution < -0.4 is 4.74 Å². The summed E-state index contributed by atoms with van der Waals surface area (Å²) in [6.07, 6.45) is 3.41.